The maximum atomic E-state index is 6.31. The third-order valence-corrected chi connectivity index (χ3v) is 3.96. The Hall–Kier alpha value is -1.71. The van der Waals surface area contributed by atoms with E-state index < -0.39 is 0 Å². The molecule has 98 valence electrons. The highest BCUT2D eigenvalue weighted by molar-refractivity contribution is 5.69. The van der Waals surface area contributed by atoms with Crippen molar-refractivity contribution in [1.82, 2.24) is 4.98 Å². The van der Waals surface area contributed by atoms with Crippen LogP contribution in [0, 0.1) is 6.92 Å². The van der Waals surface area contributed by atoms with E-state index in [-0.39, 0.29) is 12.1 Å². The molecule has 0 radical (unpaired) electrons. The molecule has 0 saturated carbocycles. The Labute approximate surface area is 113 Å². The fourth-order valence-electron chi connectivity index (χ4n) is 2.82. The smallest absolute Gasteiger partial charge is 0.0457 e. The predicted molar refractivity (Wildman–Crippen MR) is 77.6 cm³/mol. The van der Waals surface area contributed by atoms with Crippen molar-refractivity contribution in [2.45, 2.75) is 31.8 Å². The quantitative estimate of drug-likeness (QED) is 0.819. The summed E-state index contributed by atoms with van der Waals surface area (Å²) in [4.78, 5) is 4.38. The first-order valence-electron chi connectivity index (χ1n) is 6.73. The Bertz CT molecular complexity index is 589. The van der Waals surface area contributed by atoms with E-state index in [1.165, 1.54) is 16.7 Å². The number of aromatic nitrogens is 1. The molecule has 2 aromatic rings. The summed E-state index contributed by atoms with van der Waals surface area (Å²) in [7, 11) is 0. The molecule has 0 spiro atoms. The zero-order valence-corrected chi connectivity index (χ0v) is 11.1. The number of hydrogen-bond acceptors (Lipinski definition) is 3. The van der Waals surface area contributed by atoms with Gasteiger partial charge in [0.1, 0.15) is 0 Å². The van der Waals surface area contributed by atoms with Crippen molar-refractivity contribution < 1.29 is 0 Å². The first-order valence-corrected chi connectivity index (χ1v) is 6.73. The van der Waals surface area contributed by atoms with Crippen LogP contribution in [-0.2, 0) is 6.42 Å². The van der Waals surface area contributed by atoms with Gasteiger partial charge in [-0.15, -0.1) is 0 Å². The van der Waals surface area contributed by atoms with Crippen LogP contribution < -0.4 is 11.5 Å². The van der Waals surface area contributed by atoms with Crippen LogP contribution in [0.5, 0.6) is 0 Å². The van der Waals surface area contributed by atoms with Crippen molar-refractivity contribution in [3.8, 4) is 11.1 Å². The van der Waals surface area contributed by atoms with Gasteiger partial charge in [-0.3, -0.25) is 4.98 Å². The minimum Gasteiger partial charge on any atom is -0.326 e. The van der Waals surface area contributed by atoms with Gasteiger partial charge in [0.2, 0.25) is 0 Å². The lowest BCUT2D eigenvalue weighted by molar-refractivity contribution is 0.482. The number of pyridine rings is 1. The maximum Gasteiger partial charge on any atom is 0.0457 e. The summed E-state index contributed by atoms with van der Waals surface area (Å²) >= 11 is 0. The number of nitrogens with two attached hydrogens (primary N) is 2. The summed E-state index contributed by atoms with van der Waals surface area (Å²) in [6, 6.07) is 10.5. The van der Waals surface area contributed by atoms with E-state index in [1.807, 2.05) is 19.2 Å². The molecule has 1 aromatic heterocycles. The summed E-state index contributed by atoms with van der Waals surface area (Å²) in [6.45, 7) is 1.99. The Morgan fingerprint density at radius 2 is 2.00 bits per heavy atom. The van der Waals surface area contributed by atoms with E-state index >= 15 is 0 Å². The molecule has 0 saturated heterocycles. The molecule has 3 heteroatoms. The van der Waals surface area contributed by atoms with Crippen LogP contribution in [0.15, 0.2) is 36.5 Å². The monoisotopic (exact) mass is 253 g/mol. The van der Waals surface area contributed by atoms with Crippen molar-refractivity contribution >= 4 is 0 Å². The molecule has 3 rings (SSSR count). The normalized spacial score (nSPS) is 22.1. The molecule has 19 heavy (non-hydrogen) atoms. The van der Waals surface area contributed by atoms with Gasteiger partial charge in [-0.05, 0) is 42.5 Å². The Morgan fingerprint density at radius 3 is 2.74 bits per heavy atom. The van der Waals surface area contributed by atoms with Crippen LogP contribution in [0.1, 0.15) is 29.3 Å². The van der Waals surface area contributed by atoms with Gasteiger partial charge in [-0.1, -0.05) is 24.3 Å². The molecule has 0 aliphatic heterocycles. The summed E-state index contributed by atoms with van der Waals surface area (Å²) < 4.78 is 0. The number of benzene rings is 1. The molecule has 1 aromatic carbocycles. The van der Waals surface area contributed by atoms with E-state index in [1.54, 1.807) is 0 Å². The van der Waals surface area contributed by atoms with Crippen LogP contribution in [-0.4, -0.2) is 11.0 Å². The third kappa shape index (κ3) is 2.15. The fourth-order valence-corrected chi connectivity index (χ4v) is 2.82. The number of fused-ring (bicyclic) bond motifs is 1. The standard InChI is InChI=1S/C16H19N3/c1-10-5-6-12(9-19-10)13-4-2-3-11-7-8-14(17)16(18)15(11)13/h2-6,9,14,16H,7-8,17-18H2,1H3/t14-,16?/m1/s1. The van der Waals surface area contributed by atoms with Crippen LogP contribution in [0.4, 0.5) is 0 Å². The lowest BCUT2D eigenvalue weighted by atomic mass is 9.81. The van der Waals surface area contributed by atoms with Gasteiger partial charge in [-0.2, -0.15) is 0 Å². The van der Waals surface area contributed by atoms with Gasteiger partial charge in [0, 0.05) is 29.5 Å². The number of nitrogens with zero attached hydrogens (tertiary/aromatic N) is 1. The van der Waals surface area contributed by atoms with Crippen LogP contribution in [0.3, 0.4) is 0 Å². The SMILES string of the molecule is Cc1ccc(-c2cccc3c2C(N)[C@H](N)CC3)cn1. The van der Waals surface area contributed by atoms with Gasteiger partial charge >= 0.3 is 0 Å². The van der Waals surface area contributed by atoms with Crippen molar-refractivity contribution in [1.29, 1.82) is 0 Å². The zero-order chi connectivity index (χ0) is 13.4. The van der Waals surface area contributed by atoms with E-state index in [0.29, 0.717) is 0 Å². The van der Waals surface area contributed by atoms with Crippen molar-refractivity contribution in [2.24, 2.45) is 11.5 Å². The number of aryl methyl sites for hydroxylation is 2. The van der Waals surface area contributed by atoms with Gasteiger partial charge in [0.25, 0.3) is 0 Å². The maximum absolute atomic E-state index is 6.31. The molecule has 4 N–H and O–H groups in total. The predicted octanol–water partition coefficient (Wildman–Crippen LogP) is 2.33. The Morgan fingerprint density at radius 1 is 1.16 bits per heavy atom. The Balaban J connectivity index is 2.15. The molecular weight excluding hydrogens is 234 g/mol. The lowest BCUT2D eigenvalue weighted by Gasteiger charge is -2.30. The summed E-state index contributed by atoms with van der Waals surface area (Å²) in [5.74, 6) is 0. The average molecular weight is 253 g/mol. The van der Waals surface area contributed by atoms with Crippen molar-refractivity contribution in [3.05, 3.63) is 53.3 Å². The highest BCUT2D eigenvalue weighted by atomic mass is 14.8. The highest BCUT2D eigenvalue weighted by Crippen LogP contribution is 2.35. The van der Waals surface area contributed by atoms with Crippen molar-refractivity contribution in [2.75, 3.05) is 0 Å². The molecule has 1 aliphatic rings. The second-order valence-electron chi connectivity index (χ2n) is 5.29. The van der Waals surface area contributed by atoms with Crippen LogP contribution in [0.25, 0.3) is 11.1 Å². The summed E-state index contributed by atoms with van der Waals surface area (Å²) in [5.41, 5.74) is 18.3. The van der Waals surface area contributed by atoms with Gasteiger partial charge in [-0.25, -0.2) is 0 Å². The molecule has 3 nitrogen and oxygen atoms in total. The van der Waals surface area contributed by atoms with E-state index in [0.717, 1.165) is 24.1 Å². The highest BCUT2D eigenvalue weighted by Gasteiger charge is 2.26. The lowest BCUT2D eigenvalue weighted by Crippen LogP contribution is -2.38. The number of rotatable bonds is 1. The Kier molecular flexibility index (Phi) is 3.09. The minimum absolute atomic E-state index is 0.0482. The van der Waals surface area contributed by atoms with E-state index in [4.69, 9.17) is 11.5 Å². The largest absolute Gasteiger partial charge is 0.326 e. The van der Waals surface area contributed by atoms with Gasteiger partial charge < -0.3 is 11.5 Å². The molecule has 1 heterocycles. The molecule has 1 unspecified atom stereocenters. The fraction of sp³-hybridized carbons (Fsp3) is 0.312. The first-order chi connectivity index (χ1) is 9.16. The third-order valence-electron chi connectivity index (χ3n) is 3.96. The van der Waals surface area contributed by atoms with E-state index in [2.05, 4.69) is 29.2 Å². The van der Waals surface area contributed by atoms with E-state index in [9.17, 15) is 0 Å². The second-order valence-corrected chi connectivity index (χ2v) is 5.29. The topological polar surface area (TPSA) is 64.9 Å². The molecule has 1 aliphatic carbocycles. The van der Waals surface area contributed by atoms with Crippen LogP contribution in [0.2, 0.25) is 0 Å². The van der Waals surface area contributed by atoms with Gasteiger partial charge in [0.05, 0.1) is 0 Å². The van der Waals surface area contributed by atoms with Crippen LogP contribution >= 0.6 is 0 Å². The van der Waals surface area contributed by atoms with Gasteiger partial charge in [0.15, 0.2) is 0 Å². The average Bonchev–Trinajstić information content (AvgIpc) is 2.43. The minimum atomic E-state index is -0.0822. The summed E-state index contributed by atoms with van der Waals surface area (Å²) in [6.07, 6.45) is 3.89. The molecule has 0 bridgehead atoms. The number of hydrogen-bond donors (Lipinski definition) is 2. The summed E-state index contributed by atoms with van der Waals surface area (Å²) in [5, 5.41) is 0. The molecular formula is C16H19N3. The zero-order valence-electron chi connectivity index (χ0n) is 11.1. The van der Waals surface area contributed by atoms with Crippen molar-refractivity contribution in [3.63, 3.8) is 0 Å². The first kappa shape index (κ1) is 12.3. The second kappa shape index (κ2) is 4.76. The molecule has 0 amide bonds. The molecule has 2 atom stereocenters. The molecule has 0 fully saturated rings.